The average molecular weight is 302 g/mol. The van der Waals surface area contributed by atoms with Gasteiger partial charge in [0.05, 0.1) is 0 Å². The van der Waals surface area contributed by atoms with Crippen LogP contribution in [0.3, 0.4) is 0 Å². The van der Waals surface area contributed by atoms with Crippen molar-refractivity contribution in [3.05, 3.63) is 29.8 Å². The van der Waals surface area contributed by atoms with E-state index in [-0.39, 0.29) is 24.9 Å². The molecule has 0 fully saturated rings. The van der Waals surface area contributed by atoms with Crippen LogP contribution >= 0.6 is 0 Å². The lowest BCUT2D eigenvalue weighted by Crippen LogP contribution is -2.42. The number of ether oxygens (including phenoxy) is 1. The first-order chi connectivity index (χ1) is 9.88. The first-order valence-electron chi connectivity index (χ1n) is 6.66. The fourth-order valence-corrected chi connectivity index (χ4v) is 1.39. The van der Waals surface area contributed by atoms with Crippen LogP contribution in [0.2, 0.25) is 0 Å². The third kappa shape index (κ3) is 6.89. The van der Waals surface area contributed by atoms with E-state index in [1.807, 2.05) is 13.8 Å². The van der Waals surface area contributed by atoms with Gasteiger partial charge < -0.3 is 20.5 Å². The van der Waals surface area contributed by atoms with Gasteiger partial charge in [-0.05, 0) is 18.1 Å². The van der Waals surface area contributed by atoms with Crippen molar-refractivity contribution in [3.63, 3.8) is 0 Å². The van der Waals surface area contributed by atoms with Crippen LogP contribution in [0, 0.1) is 17.6 Å². The Balaban J connectivity index is 2.26. The third-order valence-electron chi connectivity index (χ3n) is 2.50. The highest BCUT2D eigenvalue weighted by atomic mass is 19.2. The molecule has 0 heterocycles. The van der Waals surface area contributed by atoms with E-state index in [2.05, 4.69) is 10.6 Å². The van der Waals surface area contributed by atoms with E-state index in [0.717, 1.165) is 12.1 Å². The summed E-state index contributed by atoms with van der Waals surface area (Å²) in [5.41, 5.74) is 0. The SMILES string of the molecule is CC(C)CNC(=O)NCC(O)COc1ccc(F)c(F)c1. The summed E-state index contributed by atoms with van der Waals surface area (Å²) >= 11 is 0. The number of carbonyl (C=O) groups excluding carboxylic acids is 1. The molecule has 1 rings (SSSR count). The summed E-state index contributed by atoms with van der Waals surface area (Å²) in [5, 5.41) is 14.7. The molecule has 5 nitrogen and oxygen atoms in total. The molecule has 0 aromatic heterocycles. The van der Waals surface area contributed by atoms with Crippen molar-refractivity contribution in [1.29, 1.82) is 0 Å². The second-order valence-electron chi connectivity index (χ2n) is 5.03. The fraction of sp³-hybridized carbons (Fsp3) is 0.500. The number of nitrogens with one attached hydrogen (secondary N) is 2. The molecule has 21 heavy (non-hydrogen) atoms. The number of carbonyl (C=O) groups is 1. The zero-order valence-electron chi connectivity index (χ0n) is 12.0. The molecular formula is C14H20F2N2O3. The van der Waals surface area contributed by atoms with Crippen LogP contribution in [0.1, 0.15) is 13.8 Å². The Hall–Kier alpha value is -1.89. The van der Waals surface area contributed by atoms with Gasteiger partial charge in [-0.25, -0.2) is 13.6 Å². The van der Waals surface area contributed by atoms with E-state index >= 15 is 0 Å². The molecule has 3 N–H and O–H groups in total. The minimum atomic E-state index is -1.02. The highest BCUT2D eigenvalue weighted by molar-refractivity contribution is 5.73. The normalized spacial score (nSPS) is 12.1. The molecule has 118 valence electrons. The largest absolute Gasteiger partial charge is 0.491 e. The Morgan fingerprint density at radius 2 is 1.90 bits per heavy atom. The number of amides is 2. The monoisotopic (exact) mass is 302 g/mol. The lowest BCUT2D eigenvalue weighted by Gasteiger charge is -2.14. The summed E-state index contributed by atoms with van der Waals surface area (Å²) < 4.78 is 30.7. The molecule has 1 atom stereocenters. The number of rotatable bonds is 7. The minimum Gasteiger partial charge on any atom is -0.491 e. The summed E-state index contributed by atoms with van der Waals surface area (Å²) in [6.45, 7) is 4.31. The standard InChI is InChI=1S/C14H20F2N2O3/c1-9(2)6-17-14(20)18-7-10(19)8-21-11-3-4-12(15)13(16)5-11/h3-5,9-10,19H,6-8H2,1-2H3,(H2,17,18,20). The van der Waals surface area contributed by atoms with E-state index in [1.54, 1.807) is 0 Å². The molecule has 0 aliphatic carbocycles. The molecule has 1 aromatic rings. The first-order valence-corrected chi connectivity index (χ1v) is 6.66. The zero-order chi connectivity index (χ0) is 15.8. The number of hydrogen-bond donors (Lipinski definition) is 3. The van der Waals surface area contributed by atoms with Gasteiger partial charge in [-0.15, -0.1) is 0 Å². The number of benzene rings is 1. The number of hydrogen-bond acceptors (Lipinski definition) is 3. The van der Waals surface area contributed by atoms with Crippen molar-refractivity contribution in [3.8, 4) is 5.75 Å². The number of urea groups is 1. The third-order valence-corrected chi connectivity index (χ3v) is 2.50. The summed E-state index contributed by atoms with van der Waals surface area (Å²) in [7, 11) is 0. The molecular weight excluding hydrogens is 282 g/mol. The van der Waals surface area contributed by atoms with Crippen molar-refractivity contribution < 1.29 is 23.4 Å². The molecule has 7 heteroatoms. The molecule has 2 amide bonds. The van der Waals surface area contributed by atoms with Gasteiger partial charge in [-0.1, -0.05) is 13.8 Å². The Morgan fingerprint density at radius 3 is 2.52 bits per heavy atom. The van der Waals surface area contributed by atoms with Crippen molar-refractivity contribution in [2.45, 2.75) is 20.0 Å². The van der Waals surface area contributed by atoms with Gasteiger partial charge in [0.15, 0.2) is 11.6 Å². The number of aliphatic hydroxyl groups is 1. The van der Waals surface area contributed by atoms with Crippen LogP contribution in [0.25, 0.3) is 0 Å². The maximum Gasteiger partial charge on any atom is 0.314 e. The molecule has 0 spiro atoms. The van der Waals surface area contributed by atoms with Crippen molar-refractivity contribution in [2.75, 3.05) is 19.7 Å². The topological polar surface area (TPSA) is 70.6 Å². The van der Waals surface area contributed by atoms with Crippen LogP contribution in [-0.4, -0.2) is 36.9 Å². The minimum absolute atomic E-state index is 0.00634. The lowest BCUT2D eigenvalue weighted by atomic mass is 10.2. The Kier molecular flexibility index (Phi) is 6.87. The van der Waals surface area contributed by atoms with Gasteiger partial charge in [0.25, 0.3) is 0 Å². The maximum atomic E-state index is 12.9. The fourth-order valence-electron chi connectivity index (χ4n) is 1.39. The predicted molar refractivity (Wildman–Crippen MR) is 74.1 cm³/mol. The molecule has 1 unspecified atom stereocenters. The van der Waals surface area contributed by atoms with Gasteiger partial charge >= 0.3 is 6.03 Å². The van der Waals surface area contributed by atoms with Crippen LogP contribution in [0.5, 0.6) is 5.75 Å². The maximum absolute atomic E-state index is 12.9. The quantitative estimate of drug-likeness (QED) is 0.717. The summed E-state index contributed by atoms with van der Waals surface area (Å²) in [6, 6.07) is 2.71. The predicted octanol–water partition coefficient (Wildman–Crippen LogP) is 1.66. The van der Waals surface area contributed by atoms with Crippen molar-refractivity contribution in [1.82, 2.24) is 10.6 Å². The van der Waals surface area contributed by atoms with Crippen molar-refractivity contribution >= 4 is 6.03 Å². The lowest BCUT2D eigenvalue weighted by molar-refractivity contribution is 0.107. The average Bonchev–Trinajstić information content (AvgIpc) is 2.44. The zero-order valence-corrected chi connectivity index (χ0v) is 12.0. The molecule has 0 bridgehead atoms. The van der Waals surface area contributed by atoms with E-state index < -0.39 is 17.7 Å². The Morgan fingerprint density at radius 1 is 1.24 bits per heavy atom. The molecule has 0 aliphatic rings. The molecule has 0 saturated carbocycles. The highest BCUT2D eigenvalue weighted by Gasteiger charge is 2.09. The summed E-state index contributed by atoms with van der Waals surface area (Å²) in [6.07, 6.45) is -0.956. The Bertz CT molecular complexity index is 470. The molecule has 1 aromatic carbocycles. The van der Waals surface area contributed by atoms with Gasteiger partial charge in [-0.3, -0.25) is 0 Å². The number of halogens is 2. The Labute approximate surface area is 122 Å². The summed E-state index contributed by atoms with van der Waals surface area (Å²) in [4.78, 5) is 11.3. The van der Waals surface area contributed by atoms with Gasteiger partial charge in [0.1, 0.15) is 18.5 Å². The smallest absolute Gasteiger partial charge is 0.314 e. The van der Waals surface area contributed by atoms with Gasteiger partial charge in [0, 0.05) is 19.2 Å². The number of aliphatic hydroxyl groups excluding tert-OH is 1. The van der Waals surface area contributed by atoms with E-state index in [1.165, 1.54) is 6.07 Å². The highest BCUT2D eigenvalue weighted by Crippen LogP contribution is 2.15. The second kappa shape index (κ2) is 8.41. The second-order valence-corrected chi connectivity index (χ2v) is 5.03. The first kappa shape index (κ1) is 17.2. The van der Waals surface area contributed by atoms with Gasteiger partial charge in [0.2, 0.25) is 0 Å². The molecule has 0 saturated heterocycles. The van der Waals surface area contributed by atoms with E-state index in [0.29, 0.717) is 12.5 Å². The van der Waals surface area contributed by atoms with Crippen LogP contribution in [0.15, 0.2) is 18.2 Å². The van der Waals surface area contributed by atoms with Crippen molar-refractivity contribution in [2.24, 2.45) is 5.92 Å². The van der Waals surface area contributed by atoms with E-state index in [9.17, 15) is 18.7 Å². The van der Waals surface area contributed by atoms with Crippen LogP contribution in [0.4, 0.5) is 13.6 Å². The van der Waals surface area contributed by atoms with Crippen LogP contribution in [-0.2, 0) is 0 Å². The van der Waals surface area contributed by atoms with Crippen LogP contribution < -0.4 is 15.4 Å². The molecule has 0 aliphatic heterocycles. The van der Waals surface area contributed by atoms with E-state index in [4.69, 9.17) is 4.74 Å². The summed E-state index contributed by atoms with van der Waals surface area (Å²) in [5.74, 6) is -1.55. The van der Waals surface area contributed by atoms with Gasteiger partial charge in [-0.2, -0.15) is 0 Å². The molecule has 0 radical (unpaired) electrons.